The summed E-state index contributed by atoms with van der Waals surface area (Å²) in [6.45, 7) is 2.44. The zero-order valence-corrected chi connectivity index (χ0v) is 21.2. The molecule has 0 saturated carbocycles. The van der Waals surface area contributed by atoms with Gasteiger partial charge in [-0.1, -0.05) is 18.2 Å². The van der Waals surface area contributed by atoms with Crippen molar-refractivity contribution in [3.63, 3.8) is 0 Å². The lowest BCUT2D eigenvalue weighted by Crippen LogP contribution is -2.29. The minimum Gasteiger partial charge on any atom is -0.385 e. The van der Waals surface area contributed by atoms with Crippen LogP contribution in [-0.2, 0) is 10.0 Å². The molecule has 3 aromatic heterocycles. The van der Waals surface area contributed by atoms with Crippen molar-refractivity contribution < 1.29 is 22.7 Å². The van der Waals surface area contributed by atoms with Crippen LogP contribution in [0.15, 0.2) is 78.0 Å². The van der Waals surface area contributed by atoms with Crippen molar-refractivity contribution in [1.29, 1.82) is 0 Å². The first-order valence-corrected chi connectivity index (χ1v) is 13.6. The molecule has 5 aromatic rings. The van der Waals surface area contributed by atoms with E-state index in [1.54, 1.807) is 36.1 Å². The third-order valence-electron chi connectivity index (χ3n) is 6.94. The van der Waals surface area contributed by atoms with Crippen LogP contribution in [0.25, 0.3) is 22.1 Å². The maximum atomic E-state index is 13.4. The van der Waals surface area contributed by atoms with Gasteiger partial charge in [-0.2, -0.15) is 0 Å². The molecule has 38 heavy (non-hydrogen) atoms. The molecule has 0 spiro atoms. The second-order valence-electron chi connectivity index (χ2n) is 9.38. The molecule has 1 amide bonds. The smallest absolute Gasteiger partial charge is 0.269 e. The quantitative estimate of drug-likeness (QED) is 0.367. The number of likely N-dealkylation sites (tertiary alicyclic amines) is 1. The van der Waals surface area contributed by atoms with Crippen LogP contribution < -0.4 is 0 Å². The number of hydrogen-bond donors (Lipinski definition) is 1. The number of pyridine rings is 1. The second kappa shape index (κ2) is 9.03. The number of fused-ring (bicyclic) bond motifs is 3. The lowest BCUT2D eigenvalue weighted by Gasteiger charge is -2.20. The summed E-state index contributed by atoms with van der Waals surface area (Å²) in [5.41, 5.74) is 1.81. The molecule has 1 fully saturated rings. The zero-order valence-electron chi connectivity index (χ0n) is 20.4. The van der Waals surface area contributed by atoms with Crippen LogP contribution in [0, 0.1) is 5.82 Å². The Labute approximate surface area is 217 Å². The van der Waals surface area contributed by atoms with Gasteiger partial charge in [0.05, 0.1) is 22.7 Å². The number of aromatic nitrogens is 4. The summed E-state index contributed by atoms with van der Waals surface area (Å²) in [6, 6.07) is 15.0. The number of rotatable bonds is 5. The predicted molar refractivity (Wildman–Crippen MR) is 139 cm³/mol. The Hall–Kier alpha value is -4.09. The molecule has 0 aliphatic carbocycles. The largest absolute Gasteiger partial charge is 0.385 e. The summed E-state index contributed by atoms with van der Waals surface area (Å²) >= 11 is 0. The van der Waals surface area contributed by atoms with Crippen LogP contribution in [0.4, 0.5) is 4.39 Å². The fourth-order valence-corrected chi connectivity index (χ4v) is 6.46. The van der Waals surface area contributed by atoms with E-state index in [0.29, 0.717) is 47.3 Å². The Morgan fingerprint density at radius 2 is 1.84 bits per heavy atom. The summed E-state index contributed by atoms with van der Waals surface area (Å²) in [5.74, 6) is -0.206. The monoisotopic (exact) mass is 533 g/mol. The topological polar surface area (TPSA) is 110 Å². The normalized spacial score (nSPS) is 16.9. The lowest BCUT2D eigenvalue weighted by atomic mass is 10.2. The highest BCUT2D eigenvalue weighted by molar-refractivity contribution is 7.90. The van der Waals surface area contributed by atoms with E-state index in [4.69, 9.17) is 0 Å². The Morgan fingerprint density at radius 3 is 2.55 bits per heavy atom. The van der Waals surface area contributed by atoms with Crippen molar-refractivity contribution in [2.24, 2.45) is 0 Å². The van der Waals surface area contributed by atoms with Gasteiger partial charge in [-0.25, -0.2) is 26.7 Å². The first-order chi connectivity index (χ1) is 18.3. The number of imidazole rings is 1. The van der Waals surface area contributed by atoms with E-state index in [1.165, 1.54) is 48.8 Å². The highest BCUT2D eigenvalue weighted by Gasteiger charge is 2.33. The van der Waals surface area contributed by atoms with E-state index in [-0.39, 0.29) is 22.5 Å². The Balaban J connectivity index is 1.44. The molecule has 1 N–H and O–H groups in total. The van der Waals surface area contributed by atoms with Crippen LogP contribution >= 0.6 is 0 Å². The van der Waals surface area contributed by atoms with E-state index in [1.807, 2.05) is 4.57 Å². The van der Waals surface area contributed by atoms with Crippen molar-refractivity contribution in [2.75, 3.05) is 13.1 Å². The third-order valence-corrected chi connectivity index (χ3v) is 8.62. The van der Waals surface area contributed by atoms with E-state index < -0.39 is 21.9 Å². The molecule has 2 atom stereocenters. The molecule has 2 aromatic carbocycles. The maximum Gasteiger partial charge on any atom is 0.269 e. The van der Waals surface area contributed by atoms with Gasteiger partial charge in [0.2, 0.25) is 0 Å². The van der Waals surface area contributed by atoms with Crippen molar-refractivity contribution in [3.8, 4) is 0 Å². The van der Waals surface area contributed by atoms with E-state index in [9.17, 15) is 22.7 Å². The van der Waals surface area contributed by atoms with Crippen LogP contribution in [0.1, 0.15) is 41.7 Å². The van der Waals surface area contributed by atoms with E-state index in [2.05, 4.69) is 9.97 Å². The Kier molecular flexibility index (Phi) is 5.77. The lowest BCUT2D eigenvalue weighted by molar-refractivity contribution is 0.0787. The fourth-order valence-electron chi connectivity index (χ4n) is 5.14. The summed E-state index contributed by atoms with van der Waals surface area (Å²) in [5, 5.41) is 11.2. The minimum absolute atomic E-state index is 0.142. The number of aliphatic hydroxyl groups excluding tert-OH is 1. The SMILES string of the molecule is CC(O)c1nc2cnc3c(ccn3S(=O)(=O)c3ccccc3)c2n1C1CCN(C(=O)c2ccc(F)cc2)C1. The second-order valence-corrected chi connectivity index (χ2v) is 11.2. The third kappa shape index (κ3) is 3.86. The Bertz CT molecular complexity index is 1780. The Morgan fingerprint density at radius 1 is 1.11 bits per heavy atom. The van der Waals surface area contributed by atoms with Crippen molar-refractivity contribution in [3.05, 3.63) is 90.3 Å². The van der Waals surface area contributed by atoms with Gasteiger partial charge in [0.1, 0.15) is 23.3 Å². The van der Waals surface area contributed by atoms with Crippen molar-refractivity contribution in [1.82, 2.24) is 23.4 Å². The molecular formula is C27H24FN5O4S. The molecular weight excluding hydrogens is 509 g/mol. The molecule has 0 radical (unpaired) electrons. The van der Waals surface area contributed by atoms with Crippen LogP contribution in [-0.4, -0.2) is 55.9 Å². The van der Waals surface area contributed by atoms with Crippen LogP contribution in [0.3, 0.4) is 0 Å². The molecule has 2 unspecified atom stereocenters. The molecule has 0 bridgehead atoms. The predicted octanol–water partition coefficient (Wildman–Crippen LogP) is 3.90. The summed E-state index contributed by atoms with van der Waals surface area (Å²) in [7, 11) is -3.89. The standard InChI is InChI=1S/C27H24FN5O4S/c1-17(34)25-30-23-15-29-26-22(12-14-32(26)38(36,37)21-5-3-2-4-6-21)24(23)33(25)20-11-13-31(16-20)27(35)18-7-9-19(28)10-8-18/h2-10,12,14-15,17,20,34H,11,13,16H2,1H3. The van der Waals surface area contributed by atoms with Gasteiger partial charge in [0, 0.05) is 30.2 Å². The summed E-state index contributed by atoms with van der Waals surface area (Å²) in [6.07, 6.45) is 2.67. The van der Waals surface area contributed by atoms with Gasteiger partial charge in [0.15, 0.2) is 5.65 Å². The highest BCUT2D eigenvalue weighted by atomic mass is 32.2. The number of halogens is 1. The molecule has 1 aliphatic heterocycles. The number of carbonyl (C=O) groups is 1. The molecule has 6 rings (SSSR count). The first kappa shape index (κ1) is 24.3. The molecule has 4 heterocycles. The van der Waals surface area contributed by atoms with E-state index in [0.717, 1.165) is 3.97 Å². The minimum atomic E-state index is -3.89. The molecule has 194 valence electrons. The van der Waals surface area contributed by atoms with Gasteiger partial charge in [-0.05, 0) is 55.8 Å². The number of benzene rings is 2. The molecule has 9 nitrogen and oxygen atoms in total. The fraction of sp³-hybridized carbons (Fsp3) is 0.222. The van der Waals surface area contributed by atoms with Crippen LogP contribution in [0.5, 0.6) is 0 Å². The average Bonchev–Trinajstić information content (AvgIpc) is 3.65. The first-order valence-electron chi connectivity index (χ1n) is 12.2. The zero-order chi connectivity index (χ0) is 26.6. The maximum absolute atomic E-state index is 13.4. The number of carbonyl (C=O) groups excluding carboxylic acids is 1. The van der Waals surface area contributed by atoms with Gasteiger partial charge in [-0.15, -0.1) is 0 Å². The van der Waals surface area contributed by atoms with Crippen molar-refractivity contribution in [2.45, 2.75) is 30.4 Å². The number of nitrogens with zero attached hydrogens (tertiary/aromatic N) is 5. The number of hydrogen-bond acceptors (Lipinski definition) is 6. The van der Waals surface area contributed by atoms with E-state index >= 15 is 0 Å². The number of aliphatic hydroxyl groups is 1. The van der Waals surface area contributed by atoms with Crippen LogP contribution in [0.2, 0.25) is 0 Å². The average molecular weight is 534 g/mol. The molecule has 11 heteroatoms. The van der Waals surface area contributed by atoms with Gasteiger partial charge < -0.3 is 14.6 Å². The van der Waals surface area contributed by atoms with Gasteiger partial charge in [0.25, 0.3) is 15.9 Å². The summed E-state index contributed by atoms with van der Waals surface area (Å²) in [4.78, 5) is 23.9. The molecule has 1 aliphatic rings. The van der Waals surface area contributed by atoms with Gasteiger partial charge in [-0.3, -0.25) is 4.79 Å². The van der Waals surface area contributed by atoms with Gasteiger partial charge >= 0.3 is 0 Å². The molecule has 1 saturated heterocycles. The summed E-state index contributed by atoms with van der Waals surface area (Å²) < 4.78 is 43.1. The highest BCUT2D eigenvalue weighted by Crippen LogP contribution is 2.35. The van der Waals surface area contributed by atoms with Crippen molar-refractivity contribution >= 4 is 38.0 Å². The number of amides is 1.